The van der Waals surface area contributed by atoms with Gasteiger partial charge in [-0.3, -0.25) is 0 Å². The summed E-state index contributed by atoms with van der Waals surface area (Å²) in [4.78, 5) is 0. The zero-order valence-electron chi connectivity index (χ0n) is 15.4. The molecule has 4 heteroatoms. The van der Waals surface area contributed by atoms with Crippen LogP contribution in [0, 0.1) is 0 Å². The SMILES string of the molecule is C=C(c1cccc(NSC)c1NC)C(C)(C)c1ccc2c(c1)CCO2. The van der Waals surface area contributed by atoms with Crippen molar-refractivity contribution in [3.05, 3.63) is 59.7 Å². The maximum Gasteiger partial charge on any atom is 0.122 e. The van der Waals surface area contributed by atoms with Crippen molar-refractivity contribution in [3.63, 3.8) is 0 Å². The highest BCUT2D eigenvalue weighted by Gasteiger charge is 2.28. The number of para-hydroxylation sites is 1. The van der Waals surface area contributed by atoms with Gasteiger partial charge in [0.15, 0.2) is 0 Å². The average Bonchev–Trinajstić information content (AvgIpc) is 3.08. The molecule has 0 saturated heterocycles. The molecule has 1 aliphatic rings. The molecule has 3 nitrogen and oxygen atoms in total. The van der Waals surface area contributed by atoms with Crippen LogP contribution in [0.5, 0.6) is 5.75 Å². The van der Waals surface area contributed by atoms with Crippen LogP contribution in [0.15, 0.2) is 43.0 Å². The Bertz CT molecular complexity index is 798. The van der Waals surface area contributed by atoms with Gasteiger partial charge in [-0.2, -0.15) is 0 Å². The third-order valence-electron chi connectivity index (χ3n) is 5.02. The van der Waals surface area contributed by atoms with E-state index in [1.165, 1.54) is 11.1 Å². The Morgan fingerprint density at radius 1 is 1.24 bits per heavy atom. The predicted octanol–water partition coefficient (Wildman–Crippen LogP) is 5.34. The van der Waals surface area contributed by atoms with Gasteiger partial charge in [0, 0.05) is 30.7 Å². The molecule has 0 atom stereocenters. The Morgan fingerprint density at radius 3 is 2.76 bits per heavy atom. The van der Waals surface area contributed by atoms with Gasteiger partial charge in [0.1, 0.15) is 5.75 Å². The fraction of sp³-hybridized carbons (Fsp3) is 0.333. The predicted molar refractivity (Wildman–Crippen MR) is 111 cm³/mol. The summed E-state index contributed by atoms with van der Waals surface area (Å²) < 4.78 is 8.99. The fourth-order valence-corrected chi connectivity index (χ4v) is 3.74. The Hall–Kier alpha value is -2.07. The lowest BCUT2D eigenvalue weighted by molar-refractivity contribution is 0.357. The van der Waals surface area contributed by atoms with Crippen LogP contribution < -0.4 is 14.8 Å². The smallest absolute Gasteiger partial charge is 0.122 e. The normalized spacial score (nSPS) is 13.1. The lowest BCUT2D eigenvalue weighted by Gasteiger charge is -2.30. The molecule has 0 saturated carbocycles. The Kier molecular flexibility index (Phi) is 5.00. The zero-order valence-corrected chi connectivity index (χ0v) is 16.2. The maximum atomic E-state index is 5.65. The van der Waals surface area contributed by atoms with Crippen LogP contribution >= 0.6 is 11.9 Å². The standard InChI is InChI=1S/C21H26N2OS/c1-14(17-7-6-8-18(23-25-5)20(17)22-4)21(2,3)16-9-10-19-15(13-16)11-12-24-19/h6-10,13,22-23H,1,11-12H2,2-5H3. The third kappa shape index (κ3) is 3.23. The number of ether oxygens (including phenoxy) is 1. The molecule has 0 fully saturated rings. The van der Waals surface area contributed by atoms with E-state index < -0.39 is 0 Å². The number of benzene rings is 2. The van der Waals surface area contributed by atoms with Crippen molar-refractivity contribution in [3.8, 4) is 5.75 Å². The second-order valence-corrected chi connectivity index (χ2v) is 7.42. The number of rotatable bonds is 6. The molecule has 2 aromatic carbocycles. The first-order chi connectivity index (χ1) is 12.0. The molecule has 0 unspecified atom stereocenters. The number of anilines is 2. The molecule has 0 spiro atoms. The van der Waals surface area contributed by atoms with Gasteiger partial charge < -0.3 is 14.8 Å². The quantitative estimate of drug-likeness (QED) is 0.686. The van der Waals surface area contributed by atoms with E-state index in [4.69, 9.17) is 4.74 Å². The van der Waals surface area contributed by atoms with E-state index >= 15 is 0 Å². The summed E-state index contributed by atoms with van der Waals surface area (Å²) >= 11 is 1.59. The van der Waals surface area contributed by atoms with E-state index in [0.29, 0.717) is 0 Å². The van der Waals surface area contributed by atoms with Crippen LogP contribution in [0.1, 0.15) is 30.5 Å². The molecule has 2 N–H and O–H groups in total. The van der Waals surface area contributed by atoms with Crippen LogP contribution in [0.25, 0.3) is 5.57 Å². The third-order valence-corrected chi connectivity index (χ3v) is 5.44. The first-order valence-corrected chi connectivity index (χ1v) is 9.77. The number of hydrogen-bond acceptors (Lipinski definition) is 4. The van der Waals surface area contributed by atoms with Crippen molar-refractivity contribution in [2.24, 2.45) is 0 Å². The second kappa shape index (κ2) is 7.04. The highest BCUT2D eigenvalue weighted by atomic mass is 32.2. The lowest BCUT2D eigenvalue weighted by atomic mass is 9.74. The summed E-state index contributed by atoms with van der Waals surface area (Å²) in [6.45, 7) is 9.73. The minimum Gasteiger partial charge on any atom is -0.493 e. The van der Waals surface area contributed by atoms with Gasteiger partial charge in [-0.25, -0.2) is 0 Å². The van der Waals surface area contributed by atoms with Gasteiger partial charge in [-0.1, -0.05) is 56.6 Å². The average molecular weight is 355 g/mol. The molecule has 0 aliphatic carbocycles. The molecule has 132 valence electrons. The first kappa shape index (κ1) is 17.7. The summed E-state index contributed by atoms with van der Waals surface area (Å²) in [7, 11) is 1.96. The van der Waals surface area contributed by atoms with Crippen molar-refractivity contribution in [1.82, 2.24) is 0 Å². The molecular formula is C21H26N2OS. The largest absolute Gasteiger partial charge is 0.493 e. The van der Waals surface area contributed by atoms with E-state index in [0.717, 1.165) is 41.3 Å². The topological polar surface area (TPSA) is 33.3 Å². The number of allylic oxidation sites excluding steroid dienone is 1. The van der Waals surface area contributed by atoms with Crippen molar-refractivity contribution in [2.45, 2.75) is 25.7 Å². The zero-order chi connectivity index (χ0) is 18.0. The van der Waals surface area contributed by atoms with Gasteiger partial charge in [0.25, 0.3) is 0 Å². The van der Waals surface area contributed by atoms with Gasteiger partial charge in [-0.05, 0) is 28.8 Å². The molecule has 0 amide bonds. The highest BCUT2D eigenvalue weighted by Crippen LogP contribution is 2.43. The summed E-state index contributed by atoms with van der Waals surface area (Å²) in [5, 5.41) is 3.34. The molecule has 1 heterocycles. The molecule has 0 bridgehead atoms. The van der Waals surface area contributed by atoms with E-state index in [2.05, 4.69) is 66.9 Å². The number of fused-ring (bicyclic) bond motifs is 1. The van der Waals surface area contributed by atoms with E-state index in [1.54, 1.807) is 11.9 Å². The Morgan fingerprint density at radius 2 is 2.04 bits per heavy atom. The maximum absolute atomic E-state index is 5.65. The number of hydrogen-bond donors (Lipinski definition) is 2. The fourth-order valence-electron chi connectivity index (χ4n) is 3.35. The minimum absolute atomic E-state index is 0.179. The van der Waals surface area contributed by atoms with Crippen LogP contribution in [-0.2, 0) is 11.8 Å². The lowest BCUT2D eigenvalue weighted by Crippen LogP contribution is -2.20. The molecule has 0 radical (unpaired) electrons. The summed E-state index contributed by atoms with van der Waals surface area (Å²) in [5.41, 5.74) is 6.79. The van der Waals surface area contributed by atoms with Crippen LogP contribution in [0.2, 0.25) is 0 Å². The monoisotopic (exact) mass is 354 g/mol. The van der Waals surface area contributed by atoms with Crippen molar-refractivity contribution in [1.29, 1.82) is 0 Å². The van der Waals surface area contributed by atoms with E-state index in [-0.39, 0.29) is 5.41 Å². The second-order valence-electron chi connectivity index (χ2n) is 6.81. The Labute approximate surface area is 155 Å². The van der Waals surface area contributed by atoms with Crippen LogP contribution in [-0.4, -0.2) is 19.9 Å². The molecule has 1 aliphatic heterocycles. The summed E-state index contributed by atoms with van der Waals surface area (Å²) in [6, 6.07) is 12.8. The summed E-state index contributed by atoms with van der Waals surface area (Å²) in [5.74, 6) is 1.02. The van der Waals surface area contributed by atoms with E-state index in [9.17, 15) is 0 Å². The highest BCUT2D eigenvalue weighted by molar-refractivity contribution is 7.99. The van der Waals surface area contributed by atoms with Gasteiger partial charge in [-0.15, -0.1) is 0 Å². The molecule has 0 aromatic heterocycles. The van der Waals surface area contributed by atoms with Crippen molar-refractivity contribution >= 4 is 28.9 Å². The molecular weight excluding hydrogens is 328 g/mol. The first-order valence-electron chi connectivity index (χ1n) is 8.54. The van der Waals surface area contributed by atoms with E-state index in [1.807, 2.05) is 13.3 Å². The number of nitrogens with one attached hydrogen (secondary N) is 2. The van der Waals surface area contributed by atoms with Crippen molar-refractivity contribution < 1.29 is 4.74 Å². The van der Waals surface area contributed by atoms with Gasteiger partial charge in [0.2, 0.25) is 0 Å². The van der Waals surface area contributed by atoms with Gasteiger partial charge in [0.05, 0.1) is 18.0 Å². The molecule has 3 rings (SSSR count). The van der Waals surface area contributed by atoms with Gasteiger partial charge >= 0.3 is 0 Å². The minimum atomic E-state index is -0.179. The molecule has 25 heavy (non-hydrogen) atoms. The van der Waals surface area contributed by atoms with Crippen LogP contribution in [0.3, 0.4) is 0 Å². The molecule has 2 aromatic rings. The summed E-state index contributed by atoms with van der Waals surface area (Å²) in [6.07, 6.45) is 3.01. The Balaban J connectivity index is 2.00. The van der Waals surface area contributed by atoms with Crippen LogP contribution in [0.4, 0.5) is 11.4 Å². The van der Waals surface area contributed by atoms with Crippen molar-refractivity contribution in [2.75, 3.05) is 29.9 Å².